The summed E-state index contributed by atoms with van der Waals surface area (Å²) in [6.45, 7) is 3.74. The number of morpholine rings is 1. The molecule has 5 nitrogen and oxygen atoms in total. The van der Waals surface area contributed by atoms with Gasteiger partial charge < -0.3 is 14.6 Å². The van der Waals surface area contributed by atoms with E-state index in [1.165, 1.54) is 5.56 Å². The number of hydrogen-bond donors (Lipinski definition) is 1. The van der Waals surface area contributed by atoms with Crippen LogP contribution < -0.4 is 0 Å². The number of rotatable bonds is 4. The van der Waals surface area contributed by atoms with Gasteiger partial charge in [0.25, 0.3) is 0 Å². The first kappa shape index (κ1) is 14.8. The fourth-order valence-corrected chi connectivity index (χ4v) is 2.69. The highest BCUT2D eigenvalue weighted by Crippen LogP contribution is 2.20. The molecule has 2 heterocycles. The second-order valence-electron chi connectivity index (χ2n) is 5.64. The van der Waals surface area contributed by atoms with E-state index >= 15 is 0 Å². The third-order valence-corrected chi connectivity index (χ3v) is 3.92. The molecule has 1 aromatic carbocycles. The summed E-state index contributed by atoms with van der Waals surface area (Å²) < 4.78 is 5.73. The molecule has 0 bridgehead atoms. The predicted octanol–water partition coefficient (Wildman–Crippen LogP) is 2.25. The molecule has 2 aromatic rings. The number of H-pyrrole nitrogens is 1. The van der Waals surface area contributed by atoms with Crippen LogP contribution in [0.4, 0.5) is 0 Å². The van der Waals surface area contributed by atoms with Gasteiger partial charge in [0.2, 0.25) is 5.91 Å². The van der Waals surface area contributed by atoms with Crippen LogP contribution in [0.25, 0.3) is 0 Å². The summed E-state index contributed by atoms with van der Waals surface area (Å²) in [6.07, 6.45) is 2.95. The summed E-state index contributed by atoms with van der Waals surface area (Å²) >= 11 is 0. The van der Waals surface area contributed by atoms with Gasteiger partial charge in [0.15, 0.2) is 0 Å². The lowest BCUT2D eigenvalue weighted by molar-refractivity contribution is -0.139. The van der Waals surface area contributed by atoms with Crippen LogP contribution in [0, 0.1) is 6.92 Å². The van der Waals surface area contributed by atoms with Gasteiger partial charge in [-0.15, -0.1) is 0 Å². The fourth-order valence-electron chi connectivity index (χ4n) is 2.69. The Morgan fingerprint density at radius 1 is 1.41 bits per heavy atom. The Kier molecular flexibility index (Phi) is 4.53. The SMILES string of the molecule is Cc1cnc([C@H]2CN(C(=O)CCc3ccccc3)CCO2)[nH]1. The average Bonchev–Trinajstić information content (AvgIpc) is 3.00. The van der Waals surface area contributed by atoms with Crippen molar-refractivity contribution in [3.63, 3.8) is 0 Å². The molecule has 3 rings (SSSR count). The van der Waals surface area contributed by atoms with Crippen molar-refractivity contribution in [2.24, 2.45) is 0 Å². The van der Waals surface area contributed by atoms with Gasteiger partial charge in [-0.1, -0.05) is 30.3 Å². The van der Waals surface area contributed by atoms with E-state index in [4.69, 9.17) is 4.74 Å². The van der Waals surface area contributed by atoms with Gasteiger partial charge in [0.1, 0.15) is 11.9 Å². The van der Waals surface area contributed by atoms with E-state index in [9.17, 15) is 4.79 Å². The molecule has 0 saturated carbocycles. The minimum Gasteiger partial charge on any atom is -0.367 e. The minimum absolute atomic E-state index is 0.150. The highest BCUT2D eigenvalue weighted by atomic mass is 16.5. The Balaban J connectivity index is 1.56. The second-order valence-corrected chi connectivity index (χ2v) is 5.64. The average molecular weight is 299 g/mol. The largest absolute Gasteiger partial charge is 0.367 e. The lowest BCUT2D eigenvalue weighted by atomic mass is 10.1. The third kappa shape index (κ3) is 3.54. The van der Waals surface area contributed by atoms with Crippen molar-refractivity contribution < 1.29 is 9.53 Å². The molecule has 22 heavy (non-hydrogen) atoms. The van der Waals surface area contributed by atoms with Crippen LogP contribution >= 0.6 is 0 Å². The normalized spacial score (nSPS) is 18.4. The van der Waals surface area contributed by atoms with Crippen molar-refractivity contribution >= 4 is 5.91 Å². The molecule has 1 amide bonds. The van der Waals surface area contributed by atoms with Crippen LogP contribution in [0.5, 0.6) is 0 Å². The maximum absolute atomic E-state index is 12.4. The van der Waals surface area contributed by atoms with E-state index in [-0.39, 0.29) is 12.0 Å². The molecule has 116 valence electrons. The van der Waals surface area contributed by atoms with Crippen molar-refractivity contribution in [3.05, 3.63) is 53.6 Å². The smallest absolute Gasteiger partial charge is 0.223 e. The van der Waals surface area contributed by atoms with Crippen molar-refractivity contribution in [1.29, 1.82) is 0 Å². The van der Waals surface area contributed by atoms with Crippen LogP contribution in [-0.2, 0) is 16.0 Å². The summed E-state index contributed by atoms with van der Waals surface area (Å²) in [5.41, 5.74) is 2.20. The first-order valence-corrected chi connectivity index (χ1v) is 7.67. The van der Waals surface area contributed by atoms with Crippen molar-refractivity contribution in [3.8, 4) is 0 Å². The van der Waals surface area contributed by atoms with Crippen LogP contribution in [0.3, 0.4) is 0 Å². The summed E-state index contributed by atoms with van der Waals surface area (Å²) in [6, 6.07) is 10.1. The number of carbonyl (C=O) groups excluding carboxylic acids is 1. The standard InChI is InChI=1S/C17H21N3O2/c1-13-11-18-17(19-13)15-12-20(9-10-22-15)16(21)8-7-14-5-3-2-4-6-14/h2-6,11,15H,7-10,12H2,1H3,(H,18,19)/t15-/m1/s1. The van der Waals surface area contributed by atoms with E-state index in [1.807, 2.05) is 30.0 Å². The number of nitrogens with one attached hydrogen (secondary N) is 1. The van der Waals surface area contributed by atoms with Gasteiger partial charge in [-0.3, -0.25) is 4.79 Å². The third-order valence-electron chi connectivity index (χ3n) is 3.92. The highest BCUT2D eigenvalue weighted by molar-refractivity contribution is 5.76. The van der Waals surface area contributed by atoms with E-state index < -0.39 is 0 Å². The second kappa shape index (κ2) is 6.75. The first-order valence-electron chi connectivity index (χ1n) is 7.67. The van der Waals surface area contributed by atoms with Crippen LogP contribution in [0.15, 0.2) is 36.5 Å². The van der Waals surface area contributed by atoms with Crippen LogP contribution in [-0.4, -0.2) is 40.5 Å². The number of ether oxygens (including phenoxy) is 1. The zero-order valence-corrected chi connectivity index (χ0v) is 12.8. The topological polar surface area (TPSA) is 58.2 Å². The monoisotopic (exact) mass is 299 g/mol. The number of amides is 1. The molecule has 0 radical (unpaired) electrons. The van der Waals surface area contributed by atoms with Gasteiger partial charge in [0.05, 0.1) is 13.2 Å². The van der Waals surface area contributed by atoms with E-state index in [0.717, 1.165) is 17.9 Å². The molecule has 1 N–H and O–H groups in total. The molecule has 1 aromatic heterocycles. The van der Waals surface area contributed by atoms with E-state index in [2.05, 4.69) is 22.1 Å². The lowest BCUT2D eigenvalue weighted by Crippen LogP contribution is -2.42. The fraction of sp³-hybridized carbons (Fsp3) is 0.412. The van der Waals surface area contributed by atoms with Gasteiger partial charge >= 0.3 is 0 Å². The number of aromatic amines is 1. The van der Waals surface area contributed by atoms with E-state index in [0.29, 0.717) is 26.1 Å². The van der Waals surface area contributed by atoms with Crippen LogP contribution in [0.1, 0.15) is 29.6 Å². The minimum atomic E-state index is -0.150. The Bertz CT molecular complexity index is 624. The summed E-state index contributed by atoms with van der Waals surface area (Å²) in [5, 5.41) is 0. The number of aromatic nitrogens is 2. The molecule has 1 atom stereocenters. The zero-order chi connectivity index (χ0) is 15.4. The molecule has 0 aliphatic carbocycles. The van der Waals surface area contributed by atoms with Crippen molar-refractivity contribution in [1.82, 2.24) is 14.9 Å². The Morgan fingerprint density at radius 2 is 2.23 bits per heavy atom. The molecule has 1 aliphatic rings. The molecular weight excluding hydrogens is 278 g/mol. The van der Waals surface area contributed by atoms with Crippen molar-refractivity contribution in [2.45, 2.75) is 25.9 Å². The van der Waals surface area contributed by atoms with Gasteiger partial charge in [-0.2, -0.15) is 0 Å². The molecular formula is C17H21N3O2. The number of nitrogens with zero attached hydrogens (tertiary/aromatic N) is 2. The summed E-state index contributed by atoms with van der Waals surface area (Å²) in [4.78, 5) is 21.8. The Morgan fingerprint density at radius 3 is 2.95 bits per heavy atom. The number of aryl methyl sites for hydroxylation is 2. The van der Waals surface area contributed by atoms with Crippen molar-refractivity contribution in [2.75, 3.05) is 19.7 Å². The Hall–Kier alpha value is -2.14. The number of imidazole rings is 1. The summed E-state index contributed by atoms with van der Waals surface area (Å²) in [5.74, 6) is 0.985. The quantitative estimate of drug-likeness (QED) is 0.942. The Labute approximate surface area is 130 Å². The van der Waals surface area contributed by atoms with E-state index in [1.54, 1.807) is 6.20 Å². The van der Waals surface area contributed by atoms with Gasteiger partial charge in [-0.25, -0.2) is 4.98 Å². The molecule has 1 aliphatic heterocycles. The number of hydrogen-bond acceptors (Lipinski definition) is 3. The maximum atomic E-state index is 12.4. The zero-order valence-electron chi connectivity index (χ0n) is 12.8. The number of benzene rings is 1. The molecule has 5 heteroatoms. The molecule has 0 unspecified atom stereocenters. The van der Waals surface area contributed by atoms with Gasteiger partial charge in [0, 0.05) is 24.9 Å². The molecule has 1 saturated heterocycles. The highest BCUT2D eigenvalue weighted by Gasteiger charge is 2.26. The molecule has 0 spiro atoms. The first-order chi connectivity index (χ1) is 10.7. The van der Waals surface area contributed by atoms with Gasteiger partial charge in [-0.05, 0) is 18.9 Å². The van der Waals surface area contributed by atoms with Crippen LogP contribution in [0.2, 0.25) is 0 Å². The summed E-state index contributed by atoms with van der Waals surface area (Å²) in [7, 11) is 0. The predicted molar refractivity (Wildman–Crippen MR) is 83.4 cm³/mol. The lowest BCUT2D eigenvalue weighted by Gasteiger charge is -2.32. The number of carbonyl (C=O) groups is 1. The maximum Gasteiger partial charge on any atom is 0.223 e. The molecule has 1 fully saturated rings.